The monoisotopic (exact) mass is 329 g/mol. The number of carbonyl (C=O) groups excluding carboxylic acids is 1. The summed E-state index contributed by atoms with van der Waals surface area (Å²) in [5, 5.41) is 3.37. The maximum absolute atomic E-state index is 11.8. The third-order valence-corrected chi connectivity index (χ3v) is 4.57. The molecule has 1 aromatic rings. The van der Waals surface area contributed by atoms with Crippen molar-refractivity contribution in [3.63, 3.8) is 0 Å². The molecular weight excluding hydrogens is 310 g/mol. The summed E-state index contributed by atoms with van der Waals surface area (Å²) in [6, 6.07) is 3.81. The molecule has 1 unspecified atom stereocenters. The number of thioether (sulfide) groups is 1. The van der Waals surface area contributed by atoms with Crippen LogP contribution in [0.25, 0.3) is 0 Å². The summed E-state index contributed by atoms with van der Waals surface area (Å²) in [6.45, 7) is 5.73. The van der Waals surface area contributed by atoms with Gasteiger partial charge in [0.25, 0.3) is 0 Å². The second kappa shape index (κ2) is 7.80. The highest BCUT2D eigenvalue weighted by Crippen LogP contribution is 2.39. The molecule has 1 aliphatic heterocycles. The van der Waals surface area contributed by atoms with E-state index in [0.717, 1.165) is 18.5 Å². The van der Waals surface area contributed by atoms with Crippen molar-refractivity contribution in [2.75, 3.05) is 19.8 Å². The van der Waals surface area contributed by atoms with Crippen LogP contribution in [0.3, 0.4) is 0 Å². The van der Waals surface area contributed by atoms with Gasteiger partial charge in [-0.3, -0.25) is 4.79 Å². The molecule has 0 aromatic heterocycles. The highest BCUT2D eigenvalue weighted by Gasteiger charge is 2.18. The average molecular weight is 330 g/mol. The van der Waals surface area contributed by atoms with Crippen LogP contribution in [-0.2, 0) is 10.5 Å². The van der Waals surface area contributed by atoms with Crippen molar-refractivity contribution in [1.29, 1.82) is 0 Å². The molecule has 0 saturated heterocycles. The van der Waals surface area contributed by atoms with E-state index >= 15 is 0 Å². The van der Waals surface area contributed by atoms with Gasteiger partial charge in [0.15, 0.2) is 11.5 Å². The average Bonchev–Trinajstić information content (AvgIpc) is 2.50. The summed E-state index contributed by atoms with van der Waals surface area (Å²) in [7, 11) is 0. The molecule has 4 nitrogen and oxygen atoms in total. The Morgan fingerprint density at radius 1 is 1.43 bits per heavy atom. The predicted octanol–water partition coefficient (Wildman–Crippen LogP) is 3.26. The fraction of sp³-hybridized carbons (Fsp3) is 0.533. The fourth-order valence-corrected chi connectivity index (χ4v) is 3.07. The number of nitrogens with one attached hydrogen (secondary N) is 1. The molecule has 0 saturated carbocycles. The first-order chi connectivity index (χ1) is 10.1. The molecule has 21 heavy (non-hydrogen) atoms. The van der Waals surface area contributed by atoms with Crippen LogP contribution in [-0.4, -0.2) is 30.9 Å². The normalized spacial score (nSPS) is 14.6. The lowest BCUT2D eigenvalue weighted by molar-refractivity contribution is -0.120. The Bertz CT molecular complexity index is 510. The van der Waals surface area contributed by atoms with Crippen LogP contribution in [0.4, 0.5) is 0 Å². The molecule has 0 radical (unpaired) electrons. The quantitative estimate of drug-likeness (QED) is 0.870. The Morgan fingerprint density at radius 3 is 2.95 bits per heavy atom. The summed E-state index contributed by atoms with van der Waals surface area (Å²) >= 11 is 7.78. The minimum atomic E-state index is -0.0940. The van der Waals surface area contributed by atoms with Gasteiger partial charge in [-0.15, -0.1) is 11.8 Å². The van der Waals surface area contributed by atoms with Crippen LogP contribution in [0.1, 0.15) is 25.8 Å². The molecule has 1 aromatic carbocycles. The van der Waals surface area contributed by atoms with Gasteiger partial charge in [-0.05, 0) is 31.0 Å². The molecule has 1 N–H and O–H groups in total. The summed E-state index contributed by atoms with van der Waals surface area (Å²) < 4.78 is 11.0. The lowest BCUT2D eigenvalue weighted by Gasteiger charge is -2.20. The second-order valence-electron chi connectivity index (χ2n) is 4.85. The minimum absolute atomic E-state index is 0.0745. The molecule has 1 heterocycles. The zero-order valence-electron chi connectivity index (χ0n) is 12.3. The van der Waals surface area contributed by atoms with Gasteiger partial charge in [0.05, 0.1) is 10.3 Å². The van der Waals surface area contributed by atoms with Crippen molar-refractivity contribution in [2.45, 2.75) is 31.3 Å². The number of hydrogen-bond acceptors (Lipinski definition) is 4. The van der Waals surface area contributed by atoms with E-state index < -0.39 is 0 Å². The molecule has 0 spiro atoms. The van der Waals surface area contributed by atoms with Crippen LogP contribution in [0.15, 0.2) is 12.1 Å². The Hall–Kier alpha value is -1.07. The first kappa shape index (κ1) is 16.3. The van der Waals surface area contributed by atoms with Crippen LogP contribution in [0.2, 0.25) is 5.02 Å². The number of fused-ring (bicyclic) bond motifs is 1. The van der Waals surface area contributed by atoms with Crippen molar-refractivity contribution in [1.82, 2.24) is 5.32 Å². The smallest absolute Gasteiger partial charge is 0.232 e. The molecule has 0 fully saturated rings. The predicted molar refractivity (Wildman–Crippen MR) is 86.5 cm³/mol. The Kier molecular flexibility index (Phi) is 6.06. The van der Waals surface area contributed by atoms with Gasteiger partial charge in [-0.1, -0.05) is 18.5 Å². The topological polar surface area (TPSA) is 47.6 Å². The van der Waals surface area contributed by atoms with Crippen molar-refractivity contribution >= 4 is 29.3 Å². The maximum atomic E-state index is 11.8. The second-order valence-corrected chi connectivity index (χ2v) is 6.58. The molecule has 1 aliphatic rings. The number of carbonyl (C=O) groups is 1. The summed E-state index contributed by atoms with van der Waals surface area (Å²) in [5.74, 6) is 2.08. The zero-order valence-corrected chi connectivity index (χ0v) is 13.9. The molecular formula is C15H20ClNO3S. The number of benzene rings is 1. The maximum Gasteiger partial charge on any atom is 0.232 e. The first-order valence-electron chi connectivity index (χ1n) is 7.09. The lowest BCUT2D eigenvalue weighted by Crippen LogP contribution is -2.31. The van der Waals surface area contributed by atoms with Crippen LogP contribution >= 0.6 is 23.4 Å². The molecule has 2 rings (SSSR count). The van der Waals surface area contributed by atoms with E-state index in [4.69, 9.17) is 21.1 Å². The molecule has 1 amide bonds. The van der Waals surface area contributed by atoms with E-state index in [-0.39, 0.29) is 11.2 Å². The minimum Gasteiger partial charge on any atom is -0.486 e. The van der Waals surface area contributed by atoms with E-state index in [1.807, 2.05) is 26.0 Å². The molecule has 0 aliphatic carbocycles. The van der Waals surface area contributed by atoms with Crippen molar-refractivity contribution in [3.8, 4) is 11.5 Å². The van der Waals surface area contributed by atoms with Gasteiger partial charge in [0, 0.05) is 12.3 Å². The van der Waals surface area contributed by atoms with E-state index in [9.17, 15) is 4.79 Å². The van der Waals surface area contributed by atoms with Crippen LogP contribution < -0.4 is 14.8 Å². The van der Waals surface area contributed by atoms with Crippen molar-refractivity contribution < 1.29 is 14.3 Å². The van der Waals surface area contributed by atoms with E-state index in [2.05, 4.69) is 5.32 Å². The van der Waals surface area contributed by atoms with Gasteiger partial charge in [0.2, 0.25) is 5.91 Å². The van der Waals surface area contributed by atoms with Crippen LogP contribution in [0, 0.1) is 0 Å². The van der Waals surface area contributed by atoms with E-state index in [0.29, 0.717) is 35.5 Å². The summed E-state index contributed by atoms with van der Waals surface area (Å²) in [5.41, 5.74) is 1.03. The highest BCUT2D eigenvalue weighted by molar-refractivity contribution is 7.99. The molecule has 1 atom stereocenters. The molecule has 0 bridgehead atoms. The third kappa shape index (κ3) is 4.45. The summed E-state index contributed by atoms with van der Waals surface area (Å²) in [4.78, 5) is 11.8. The number of hydrogen-bond donors (Lipinski definition) is 1. The van der Waals surface area contributed by atoms with Gasteiger partial charge < -0.3 is 14.8 Å². The largest absolute Gasteiger partial charge is 0.486 e. The summed E-state index contributed by atoms with van der Waals surface area (Å²) in [6.07, 6.45) is 0.945. The van der Waals surface area contributed by atoms with Gasteiger partial charge >= 0.3 is 0 Å². The third-order valence-electron chi connectivity index (χ3n) is 3.08. The fourth-order valence-electron chi connectivity index (χ4n) is 1.94. The number of amides is 1. The van der Waals surface area contributed by atoms with Gasteiger partial charge in [0.1, 0.15) is 13.2 Å². The Morgan fingerprint density at radius 2 is 2.19 bits per heavy atom. The van der Waals surface area contributed by atoms with E-state index in [1.54, 1.807) is 11.8 Å². The lowest BCUT2D eigenvalue weighted by atomic mass is 10.2. The first-order valence-corrected chi connectivity index (χ1v) is 8.51. The Balaban J connectivity index is 1.94. The van der Waals surface area contributed by atoms with Crippen molar-refractivity contribution in [3.05, 3.63) is 22.7 Å². The molecule has 116 valence electrons. The van der Waals surface area contributed by atoms with Crippen molar-refractivity contribution in [2.24, 2.45) is 0 Å². The Labute approximate surface area is 134 Å². The number of halogens is 1. The van der Waals surface area contributed by atoms with Gasteiger partial charge in [-0.25, -0.2) is 0 Å². The number of ether oxygens (including phenoxy) is 2. The SMILES string of the molecule is CCCNC(=O)C(C)SCc1cc(Cl)c2c(c1)OCCO2. The molecule has 6 heteroatoms. The number of rotatable bonds is 6. The van der Waals surface area contributed by atoms with Crippen LogP contribution in [0.5, 0.6) is 11.5 Å². The zero-order chi connectivity index (χ0) is 15.2. The van der Waals surface area contributed by atoms with E-state index in [1.165, 1.54) is 0 Å². The standard InChI is InChI=1S/C15H20ClNO3S/c1-3-4-17-15(18)10(2)21-9-11-7-12(16)14-13(8-11)19-5-6-20-14/h7-8,10H,3-6,9H2,1-2H3,(H,17,18). The van der Waals surface area contributed by atoms with Gasteiger partial charge in [-0.2, -0.15) is 0 Å². The highest BCUT2D eigenvalue weighted by atomic mass is 35.5.